The highest BCUT2D eigenvalue weighted by atomic mass is 32.2. The average Bonchev–Trinajstić information content (AvgIpc) is 3.64. The molecule has 322 valence electrons. The van der Waals surface area contributed by atoms with Crippen molar-refractivity contribution in [3.05, 3.63) is 12.7 Å². The van der Waals surface area contributed by atoms with Gasteiger partial charge in [-0.2, -0.15) is 4.31 Å². The van der Waals surface area contributed by atoms with E-state index in [4.69, 9.17) is 19.5 Å². The van der Waals surface area contributed by atoms with E-state index in [2.05, 4.69) is 34.4 Å². The van der Waals surface area contributed by atoms with E-state index < -0.39 is 90.2 Å². The smallest absolute Gasteiger partial charge is 0.389 e. The molecule has 2 aromatic heterocycles. The highest BCUT2D eigenvalue weighted by molar-refractivity contribution is 8.13. The van der Waals surface area contributed by atoms with Crippen molar-refractivity contribution in [2.24, 2.45) is 5.41 Å². The third kappa shape index (κ3) is 15.1. The van der Waals surface area contributed by atoms with Crippen molar-refractivity contribution >= 4 is 75.4 Å². The third-order valence-corrected chi connectivity index (χ3v) is 11.8. The van der Waals surface area contributed by atoms with Crippen LogP contribution in [0, 0.1) is 5.41 Å². The van der Waals surface area contributed by atoms with Crippen LogP contribution < -0.4 is 16.4 Å². The van der Waals surface area contributed by atoms with Crippen LogP contribution in [0.3, 0.4) is 0 Å². The number of aliphatic hydroxyl groups excluding tert-OH is 2. The van der Waals surface area contributed by atoms with Crippen molar-refractivity contribution < 1.29 is 90.4 Å². The number of anilines is 1. The third-order valence-electron chi connectivity index (χ3n) is 7.81. The quantitative estimate of drug-likeness (QED) is 0.0341. The number of hydrogen-bond acceptors (Lipinski definition) is 20. The molecule has 11 N–H and O–H groups in total. The zero-order valence-corrected chi connectivity index (χ0v) is 33.9. The second-order valence-electron chi connectivity index (χ2n) is 13.3. The van der Waals surface area contributed by atoms with E-state index >= 15 is 0 Å². The largest absolute Gasteiger partial charge is 0.481 e. The first-order valence-corrected chi connectivity index (χ1v) is 22.0. The van der Waals surface area contributed by atoms with Gasteiger partial charge in [0.05, 0.1) is 25.1 Å². The molecule has 3 rings (SSSR count). The van der Waals surface area contributed by atoms with Gasteiger partial charge < -0.3 is 60.8 Å². The first-order chi connectivity index (χ1) is 26.3. The van der Waals surface area contributed by atoms with Gasteiger partial charge in [-0.1, -0.05) is 25.6 Å². The topological polar surface area (TPSA) is 401 Å². The number of aliphatic hydroxyl groups is 3. The standard InChI is InChI=1S/C27H44N7O19P3S/c1-26(2,21(39)24(40)30-6-4-16(36)29-7-9-57-17(37)10-27(3,41)5-8-35)12-50-56(47,48)53-55(45,46)49-11-15-20(52-54(42,43)44)19(38)25(51-15)34-14-33-18-22(28)31-13-32-23(18)34/h8,13-15,19-21,25,38-39,41H,4-7,9-12H2,1-3H3,(H,29,36)(H,30,40)(H,45,46)(H,47,48)(H2,28,31,32)(H2,42,43,44)/t15-,19-,20-,21+,25-,27?/m1/s1. The summed E-state index contributed by atoms with van der Waals surface area (Å²) in [7, 11) is -16.4. The number of nitrogens with two attached hydrogens (primary N) is 1. The molecule has 0 radical (unpaired) electrons. The molecule has 0 bridgehead atoms. The number of ether oxygens (including phenoxy) is 1. The Morgan fingerprint density at radius 3 is 2.39 bits per heavy atom. The normalized spacial score (nSPS) is 22.6. The number of rotatable bonds is 23. The van der Waals surface area contributed by atoms with Crippen LogP contribution in [0.5, 0.6) is 0 Å². The summed E-state index contributed by atoms with van der Waals surface area (Å²) in [5.41, 5.74) is 2.73. The molecule has 0 aliphatic carbocycles. The number of nitrogens with zero attached hydrogens (tertiary/aromatic N) is 4. The van der Waals surface area contributed by atoms with Gasteiger partial charge in [0.15, 0.2) is 22.8 Å². The minimum Gasteiger partial charge on any atom is -0.389 e. The number of phosphoric ester groups is 3. The van der Waals surface area contributed by atoms with Crippen LogP contribution in [-0.4, -0.2) is 140 Å². The van der Waals surface area contributed by atoms with Gasteiger partial charge in [-0.05, 0) is 6.92 Å². The molecule has 3 unspecified atom stereocenters. The molecule has 26 nitrogen and oxygen atoms in total. The molecule has 1 aliphatic heterocycles. The molecule has 8 atom stereocenters. The van der Waals surface area contributed by atoms with Crippen LogP contribution in [0.2, 0.25) is 0 Å². The van der Waals surface area contributed by atoms with Crippen LogP contribution in [0.1, 0.15) is 46.3 Å². The van der Waals surface area contributed by atoms with Gasteiger partial charge in [0.1, 0.15) is 42.5 Å². The Morgan fingerprint density at radius 2 is 1.74 bits per heavy atom. The first kappa shape index (κ1) is 48.6. The Morgan fingerprint density at radius 1 is 1.07 bits per heavy atom. The number of nitrogens with one attached hydrogen (secondary N) is 2. The Balaban J connectivity index is 1.48. The summed E-state index contributed by atoms with van der Waals surface area (Å²) >= 11 is 0.847. The number of nitrogen functional groups attached to an aromatic ring is 1. The molecule has 1 fully saturated rings. The Hall–Kier alpha value is -2.81. The average molecular weight is 896 g/mol. The molecular formula is C27H44N7O19P3S. The number of carbonyl (C=O) groups excluding carboxylic acids is 4. The molecule has 3 heterocycles. The molecule has 2 aromatic rings. The second-order valence-corrected chi connectivity index (χ2v) is 18.7. The SMILES string of the molecule is CC(O)(CC=O)CC(=O)SCCNC(=O)CCNC(=O)[C@H](O)C(C)(C)COP(=O)(O)OP(=O)(O)OC[C@H]1O[C@@H](n2cnc3c(N)ncnc32)[C@H](O)[C@@H]1OP(=O)(O)O. The van der Waals surface area contributed by atoms with Gasteiger partial charge in [-0.15, -0.1) is 0 Å². The highest BCUT2D eigenvalue weighted by Crippen LogP contribution is 2.61. The minimum absolute atomic E-state index is 0.0195. The molecule has 0 aromatic carbocycles. The van der Waals surface area contributed by atoms with E-state index in [1.807, 2.05) is 0 Å². The summed E-state index contributed by atoms with van der Waals surface area (Å²) in [6, 6.07) is 0. The van der Waals surface area contributed by atoms with Gasteiger partial charge in [0.25, 0.3) is 0 Å². The summed E-state index contributed by atoms with van der Waals surface area (Å²) in [6.45, 7) is 1.55. The lowest BCUT2D eigenvalue weighted by Gasteiger charge is -2.30. The number of aromatic nitrogens is 4. The number of phosphoric acid groups is 3. The lowest BCUT2D eigenvalue weighted by atomic mass is 9.87. The Labute approximate surface area is 327 Å². The van der Waals surface area contributed by atoms with Gasteiger partial charge in [0, 0.05) is 43.5 Å². The fourth-order valence-electron chi connectivity index (χ4n) is 4.91. The summed E-state index contributed by atoms with van der Waals surface area (Å²) in [5, 5.41) is 35.8. The molecule has 1 saturated heterocycles. The molecular weight excluding hydrogens is 851 g/mol. The lowest BCUT2D eigenvalue weighted by Crippen LogP contribution is -2.46. The van der Waals surface area contributed by atoms with Crippen molar-refractivity contribution in [3.63, 3.8) is 0 Å². The Bertz CT molecular complexity index is 1900. The fourth-order valence-corrected chi connectivity index (χ4v) is 8.58. The molecule has 30 heteroatoms. The van der Waals surface area contributed by atoms with Crippen molar-refractivity contribution in [1.82, 2.24) is 30.2 Å². The lowest BCUT2D eigenvalue weighted by molar-refractivity contribution is -0.137. The predicted octanol–water partition coefficient (Wildman–Crippen LogP) is -1.61. The fraction of sp³-hybridized carbons (Fsp3) is 0.667. The van der Waals surface area contributed by atoms with E-state index in [1.165, 1.54) is 20.8 Å². The summed E-state index contributed by atoms with van der Waals surface area (Å²) in [5.74, 6) is -1.42. The van der Waals surface area contributed by atoms with Gasteiger partial charge in [0.2, 0.25) is 11.8 Å². The van der Waals surface area contributed by atoms with E-state index in [-0.39, 0.29) is 60.2 Å². The first-order valence-electron chi connectivity index (χ1n) is 16.5. The maximum absolute atomic E-state index is 12.7. The van der Waals surface area contributed by atoms with Crippen molar-refractivity contribution in [1.29, 1.82) is 0 Å². The minimum atomic E-state index is -5.59. The van der Waals surface area contributed by atoms with Crippen LogP contribution in [0.25, 0.3) is 11.2 Å². The van der Waals surface area contributed by atoms with Crippen LogP contribution in [0.4, 0.5) is 5.82 Å². The van der Waals surface area contributed by atoms with E-state index in [9.17, 15) is 67.8 Å². The zero-order chi connectivity index (χ0) is 43.0. The van der Waals surface area contributed by atoms with Crippen LogP contribution in [-0.2, 0) is 55.5 Å². The van der Waals surface area contributed by atoms with Crippen LogP contribution in [0.15, 0.2) is 12.7 Å². The van der Waals surface area contributed by atoms with E-state index in [0.717, 1.165) is 29.0 Å². The molecule has 2 amide bonds. The van der Waals surface area contributed by atoms with E-state index in [1.54, 1.807) is 0 Å². The predicted molar refractivity (Wildman–Crippen MR) is 193 cm³/mol. The van der Waals surface area contributed by atoms with Gasteiger partial charge in [-0.25, -0.2) is 28.6 Å². The summed E-state index contributed by atoms with van der Waals surface area (Å²) < 4.78 is 62.0. The summed E-state index contributed by atoms with van der Waals surface area (Å²) in [4.78, 5) is 98.0. The Kier molecular flexibility index (Phi) is 17.0. The van der Waals surface area contributed by atoms with E-state index in [0.29, 0.717) is 6.29 Å². The second kappa shape index (κ2) is 20.0. The molecule has 1 aliphatic rings. The number of aldehydes is 1. The van der Waals surface area contributed by atoms with Crippen molar-refractivity contribution in [2.45, 2.75) is 76.3 Å². The molecule has 57 heavy (non-hydrogen) atoms. The number of amides is 2. The monoisotopic (exact) mass is 895 g/mol. The number of imidazole rings is 1. The molecule has 0 saturated carbocycles. The summed E-state index contributed by atoms with van der Waals surface area (Å²) in [6.07, 6.45) is -7.07. The van der Waals surface area contributed by atoms with Crippen LogP contribution >= 0.6 is 35.2 Å². The molecule has 0 spiro atoms. The number of thioether (sulfide) groups is 1. The highest BCUT2D eigenvalue weighted by Gasteiger charge is 2.50. The maximum atomic E-state index is 12.7. The number of carbonyl (C=O) groups is 4. The number of fused-ring (bicyclic) bond motifs is 1. The maximum Gasteiger partial charge on any atom is 0.481 e. The van der Waals surface area contributed by atoms with Crippen molar-refractivity contribution in [3.8, 4) is 0 Å². The number of hydrogen-bond donors (Lipinski definition) is 10. The van der Waals surface area contributed by atoms with Crippen molar-refractivity contribution in [2.75, 3.05) is 37.8 Å². The zero-order valence-electron chi connectivity index (χ0n) is 30.4. The van der Waals surface area contributed by atoms with Gasteiger partial charge in [-0.3, -0.25) is 32.5 Å². The van der Waals surface area contributed by atoms with Gasteiger partial charge >= 0.3 is 23.5 Å².